The fourth-order valence-electron chi connectivity index (χ4n) is 3.04. The lowest BCUT2D eigenvalue weighted by Gasteiger charge is -2.36. The first-order chi connectivity index (χ1) is 12.7. The molecule has 0 atom stereocenters. The molecule has 1 heterocycles. The van der Waals surface area contributed by atoms with Crippen LogP contribution in [-0.4, -0.2) is 50.0 Å². The van der Waals surface area contributed by atoms with Crippen molar-refractivity contribution in [2.24, 2.45) is 0 Å². The lowest BCUT2D eigenvalue weighted by molar-refractivity contribution is -0.134. The van der Waals surface area contributed by atoms with Crippen molar-refractivity contribution in [1.82, 2.24) is 4.90 Å². The van der Waals surface area contributed by atoms with Crippen molar-refractivity contribution in [3.8, 4) is 5.75 Å². The van der Waals surface area contributed by atoms with Crippen LogP contribution in [0.2, 0.25) is 0 Å². The Labute approximate surface area is 153 Å². The maximum atomic E-state index is 12.4. The van der Waals surface area contributed by atoms with Crippen molar-refractivity contribution >= 4 is 23.2 Å². The molecule has 26 heavy (non-hydrogen) atoms. The molecule has 0 unspecified atom stereocenters. The van der Waals surface area contributed by atoms with Crippen LogP contribution >= 0.6 is 0 Å². The van der Waals surface area contributed by atoms with E-state index < -0.39 is 0 Å². The number of carbonyl (C=O) groups is 2. The number of para-hydroxylation sites is 3. The van der Waals surface area contributed by atoms with Gasteiger partial charge in [0, 0.05) is 31.9 Å². The molecule has 0 bridgehead atoms. The van der Waals surface area contributed by atoms with E-state index in [1.807, 2.05) is 30.3 Å². The second-order valence-electron chi connectivity index (χ2n) is 6.13. The van der Waals surface area contributed by atoms with E-state index in [0.29, 0.717) is 24.5 Å². The van der Waals surface area contributed by atoms with Crippen LogP contribution in [0.3, 0.4) is 0 Å². The molecule has 2 amide bonds. The number of rotatable bonds is 5. The van der Waals surface area contributed by atoms with Crippen LogP contribution in [0.15, 0.2) is 54.6 Å². The number of anilines is 2. The van der Waals surface area contributed by atoms with Gasteiger partial charge in [-0.1, -0.05) is 30.3 Å². The summed E-state index contributed by atoms with van der Waals surface area (Å²) in [4.78, 5) is 28.6. The highest BCUT2D eigenvalue weighted by molar-refractivity contribution is 6.04. The predicted octanol–water partition coefficient (Wildman–Crippen LogP) is 2.37. The zero-order valence-electron chi connectivity index (χ0n) is 14.9. The average Bonchev–Trinajstić information content (AvgIpc) is 2.69. The van der Waals surface area contributed by atoms with Crippen molar-refractivity contribution in [3.05, 3.63) is 54.6 Å². The van der Waals surface area contributed by atoms with Gasteiger partial charge >= 0.3 is 0 Å². The smallest absolute Gasteiger partial charge is 0.233 e. The summed E-state index contributed by atoms with van der Waals surface area (Å²) in [6, 6.07) is 17.3. The second-order valence-corrected chi connectivity index (χ2v) is 6.13. The van der Waals surface area contributed by atoms with E-state index in [1.54, 1.807) is 24.1 Å². The van der Waals surface area contributed by atoms with Crippen molar-refractivity contribution in [2.45, 2.75) is 6.42 Å². The summed E-state index contributed by atoms with van der Waals surface area (Å²) in [5.74, 6) is 0.0971. The standard InChI is InChI=1S/C20H23N3O3/c1-26-18-10-6-5-9-17(18)21-19(24)15-20(25)23-13-11-22(12-14-23)16-7-3-2-4-8-16/h2-10H,11-15H2,1H3,(H,21,24). The second kappa shape index (κ2) is 8.38. The summed E-state index contributed by atoms with van der Waals surface area (Å²) in [7, 11) is 1.54. The first kappa shape index (κ1) is 17.8. The zero-order valence-corrected chi connectivity index (χ0v) is 14.9. The van der Waals surface area contributed by atoms with Crippen LogP contribution in [0.1, 0.15) is 6.42 Å². The number of nitrogens with one attached hydrogen (secondary N) is 1. The van der Waals surface area contributed by atoms with Crippen LogP contribution in [0.25, 0.3) is 0 Å². The predicted molar refractivity (Wildman–Crippen MR) is 101 cm³/mol. The number of piperazine rings is 1. The number of carbonyl (C=O) groups excluding carboxylic acids is 2. The molecule has 2 aromatic rings. The maximum absolute atomic E-state index is 12.4. The Kier molecular flexibility index (Phi) is 5.73. The lowest BCUT2D eigenvalue weighted by atomic mass is 10.2. The third-order valence-corrected chi connectivity index (χ3v) is 4.45. The van der Waals surface area contributed by atoms with Crippen LogP contribution in [-0.2, 0) is 9.59 Å². The SMILES string of the molecule is COc1ccccc1NC(=O)CC(=O)N1CCN(c2ccccc2)CC1. The molecular formula is C20H23N3O3. The first-order valence-corrected chi connectivity index (χ1v) is 8.68. The minimum absolute atomic E-state index is 0.148. The number of methoxy groups -OCH3 is 1. The minimum Gasteiger partial charge on any atom is -0.495 e. The maximum Gasteiger partial charge on any atom is 0.233 e. The third-order valence-electron chi connectivity index (χ3n) is 4.45. The lowest BCUT2D eigenvalue weighted by Crippen LogP contribution is -2.49. The van der Waals surface area contributed by atoms with Crippen molar-refractivity contribution < 1.29 is 14.3 Å². The van der Waals surface area contributed by atoms with Gasteiger partial charge in [-0.05, 0) is 24.3 Å². The van der Waals surface area contributed by atoms with Gasteiger partial charge < -0.3 is 19.9 Å². The van der Waals surface area contributed by atoms with Gasteiger partial charge in [-0.2, -0.15) is 0 Å². The molecule has 0 radical (unpaired) electrons. The molecule has 1 fully saturated rings. The normalized spacial score (nSPS) is 14.0. The Morgan fingerprint density at radius 1 is 0.962 bits per heavy atom. The largest absolute Gasteiger partial charge is 0.495 e. The van der Waals surface area contributed by atoms with Gasteiger partial charge in [0.15, 0.2) is 0 Å². The number of ether oxygens (including phenoxy) is 1. The molecule has 6 heteroatoms. The topological polar surface area (TPSA) is 61.9 Å². The third kappa shape index (κ3) is 4.33. The molecule has 1 aliphatic rings. The summed E-state index contributed by atoms with van der Waals surface area (Å²) >= 11 is 0. The monoisotopic (exact) mass is 353 g/mol. The molecular weight excluding hydrogens is 330 g/mol. The van der Waals surface area contributed by atoms with Crippen LogP contribution in [0.5, 0.6) is 5.75 Å². The Balaban J connectivity index is 1.50. The Morgan fingerprint density at radius 2 is 1.62 bits per heavy atom. The van der Waals surface area contributed by atoms with Crippen LogP contribution < -0.4 is 15.0 Å². The van der Waals surface area contributed by atoms with Crippen LogP contribution in [0.4, 0.5) is 11.4 Å². The van der Waals surface area contributed by atoms with E-state index in [2.05, 4.69) is 22.3 Å². The molecule has 136 valence electrons. The highest BCUT2D eigenvalue weighted by atomic mass is 16.5. The summed E-state index contributed by atoms with van der Waals surface area (Å²) in [5.41, 5.74) is 1.73. The van der Waals surface area contributed by atoms with E-state index in [4.69, 9.17) is 4.74 Å². The molecule has 6 nitrogen and oxygen atoms in total. The number of nitrogens with zero attached hydrogens (tertiary/aromatic N) is 2. The molecule has 0 aliphatic carbocycles. The summed E-state index contributed by atoms with van der Waals surface area (Å²) in [6.45, 7) is 2.78. The van der Waals surface area contributed by atoms with Gasteiger partial charge in [-0.15, -0.1) is 0 Å². The van der Waals surface area contributed by atoms with E-state index in [0.717, 1.165) is 18.8 Å². The van der Waals surface area contributed by atoms with Crippen molar-refractivity contribution in [3.63, 3.8) is 0 Å². The molecule has 3 rings (SSSR count). The van der Waals surface area contributed by atoms with E-state index in [1.165, 1.54) is 0 Å². The zero-order chi connectivity index (χ0) is 18.4. The Hall–Kier alpha value is -3.02. The first-order valence-electron chi connectivity index (χ1n) is 8.68. The quantitative estimate of drug-likeness (QED) is 0.839. The highest BCUT2D eigenvalue weighted by Gasteiger charge is 2.23. The van der Waals surface area contributed by atoms with Gasteiger partial charge in [0.05, 0.1) is 12.8 Å². The minimum atomic E-state index is -0.329. The van der Waals surface area contributed by atoms with E-state index >= 15 is 0 Å². The van der Waals surface area contributed by atoms with Crippen molar-refractivity contribution in [2.75, 3.05) is 43.5 Å². The molecule has 0 aromatic heterocycles. The van der Waals surface area contributed by atoms with E-state index in [9.17, 15) is 9.59 Å². The Morgan fingerprint density at radius 3 is 2.31 bits per heavy atom. The molecule has 0 spiro atoms. The van der Waals surface area contributed by atoms with Gasteiger partial charge in [0.25, 0.3) is 0 Å². The summed E-state index contributed by atoms with van der Waals surface area (Å²) in [5, 5.41) is 2.74. The van der Waals surface area contributed by atoms with Crippen LogP contribution in [0, 0.1) is 0 Å². The number of hydrogen-bond acceptors (Lipinski definition) is 4. The molecule has 1 aliphatic heterocycles. The molecule has 0 saturated carbocycles. The van der Waals surface area contributed by atoms with Gasteiger partial charge in [-0.3, -0.25) is 9.59 Å². The number of amides is 2. The van der Waals surface area contributed by atoms with Gasteiger partial charge in [-0.25, -0.2) is 0 Å². The van der Waals surface area contributed by atoms with Gasteiger partial charge in [0.2, 0.25) is 11.8 Å². The molecule has 1 saturated heterocycles. The average molecular weight is 353 g/mol. The molecule has 1 N–H and O–H groups in total. The summed E-state index contributed by atoms with van der Waals surface area (Å²) < 4.78 is 5.21. The van der Waals surface area contributed by atoms with E-state index in [-0.39, 0.29) is 18.2 Å². The van der Waals surface area contributed by atoms with Gasteiger partial charge in [0.1, 0.15) is 12.2 Å². The number of benzene rings is 2. The molecule has 2 aromatic carbocycles. The Bertz CT molecular complexity index is 756. The fourth-order valence-corrected chi connectivity index (χ4v) is 3.04. The summed E-state index contributed by atoms with van der Waals surface area (Å²) in [6.07, 6.45) is -0.163. The van der Waals surface area contributed by atoms with Crippen molar-refractivity contribution in [1.29, 1.82) is 0 Å². The number of hydrogen-bond donors (Lipinski definition) is 1. The fraction of sp³-hybridized carbons (Fsp3) is 0.300. The highest BCUT2D eigenvalue weighted by Crippen LogP contribution is 2.23.